The van der Waals surface area contributed by atoms with E-state index in [1.165, 1.54) is 30.4 Å². The summed E-state index contributed by atoms with van der Waals surface area (Å²) in [6.07, 6.45) is 7.42. The summed E-state index contributed by atoms with van der Waals surface area (Å²) in [5, 5.41) is 3.06. The molecule has 0 radical (unpaired) electrons. The van der Waals surface area contributed by atoms with Crippen molar-refractivity contribution in [2.45, 2.75) is 51.9 Å². The molecule has 1 aromatic rings. The standard InChI is InChI=1S/C18H28N2O.ClH/c1-15-5-7-16(8-6-15)9-12-20-17(21)13-18(14-19)10-3-2-4-11-18;/h5-8H,2-4,9-14,19H2,1H3,(H,20,21);1H. The van der Waals surface area contributed by atoms with Crippen LogP contribution >= 0.6 is 12.4 Å². The lowest BCUT2D eigenvalue weighted by atomic mass is 9.71. The number of benzene rings is 1. The third-order valence-electron chi connectivity index (χ3n) is 4.74. The molecule has 22 heavy (non-hydrogen) atoms. The van der Waals surface area contributed by atoms with Crippen molar-refractivity contribution in [3.8, 4) is 0 Å². The first kappa shape index (κ1) is 19.0. The third kappa shape index (κ3) is 5.62. The fraction of sp³-hybridized carbons (Fsp3) is 0.611. The second kappa shape index (κ2) is 9.16. The fourth-order valence-corrected chi connectivity index (χ4v) is 3.26. The predicted molar refractivity (Wildman–Crippen MR) is 94.3 cm³/mol. The number of nitrogens with two attached hydrogens (primary N) is 1. The van der Waals surface area contributed by atoms with Crippen LogP contribution in [0.4, 0.5) is 0 Å². The lowest BCUT2D eigenvalue weighted by molar-refractivity contribution is -0.123. The zero-order valence-electron chi connectivity index (χ0n) is 13.6. The zero-order chi connectivity index (χ0) is 15.1. The van der Waals surface area contributed by atoms with Crippen molar-refractivity contribution < 1.29 is 4.79 Å². The zero-order valence-corrected chi connectivity index (χ0v) is 14.4. The maximum Gasteiger partial charge on any atom is 0.220 e. The predicted octanol–water partition coefficient (Wildman–Crippen LogP) is 3.37. The molecule has 1 aromatic carbocycles. The minimum absolute atomic E-state index is 0. The molecule has 3 N–H and O–H groups in total. The van der Waals surface area contributed by atoms with E-state index in [9.17, 15) is 4.79 Å². The Hall–Kier alpha value is -1.06. The molecule has 0 unspecified atom stereocenters. The lowest BCUT2D eigenvalue weighted by Gasteiger charge is -2.35. The Morgan fingerprint density at radius 2 is 1.82 bits per heavy atom. The van der Waals surface area contributed by atoms with Crippen LogP contribution in [0.15, 0.2) is 24.3 Å². The summed E-state index contributed by atoms with van der Waals surface area (Å²) in [5.41, 5.74) is 8.54. The van der Waals surface area contributed by atoms with Crippen molar-refractivity contribution >= 4 is 18.3 Å². The van der Waals surface area contributed by atoms with Gasteiger partial charge >= 0.3 is 0 Å². The number of aryl methyl sites for hydroxylation is 1. The Kier molecular flexibility index (Phi) is 7.91. The van der Waals surface area contributed by atoms with Gasteiger partial charge in [0.2, 0.25) is 5.91 Å². The van der Waals surface area contributed by atoms with E-state index >= 15 is 0 Å². The Bertz CT molecular complexity index is 453. The Labute approximate surface area is 140 Å². The number of halogens is 1. The van der Waals surface area contributed by atoms with E-state index in [0.29, 0.717) is 19.5 Å². The van der Waals surface area contributed by atoms with Gasteiger partial charge < -0.3 is 11.1 Å². The summed E-state index contributed by atoms with van der Waals surface area (Å²) >= 11 is 0. The van der Waals surface area contributed by atoms with Crippen LogP contribution in [0.25, 0.3) is 0 Å². The summed E-state index contributed by atoms with van der Waals surface area (Å²) in [7, 11) is 0. The van der Waals surface area contributed by atoms with Gasteiger partial charge in [-0.15, -0.1) is 12.4 Å². The average molecular weight is 325 g/mol. The van der Waals surface area contributed by atoms with Crippen LogP contribution in [-0.4, -0.2) is 19.0 Å². The van der Waals surface area contributed by atoms with Crippen molar-refractivity contribution in [2.24, 2.45) is 11.1 Å². The van der Waals surface area contributed by atoms with Gasteiger partial charge in [-0.25, -0.2) is 0 Å². The van der Waals surface area contributed by atoms with Gasteiger partial charge in [0.05, 0.1) is 0 Å². The summed E-state index contributed by atoms with van der Waals surface area (Å²) in [6, 6.07) is 8.49. The van der Waals surface area contributed by atoms with E-state index in [2.05, 4.69) is 36.5 Å². The van der Waals surface area contributed by atoms with E-state index in [4.69, 9.17) is 5.73 Å². The van der Waals surface area contributed by atoms with Crippen LogP contribution in [0.5, 0.6) is 0 Å². The van der Waals surface area contributed by atoms with Crippen molar-refractivity contribution in [1.82, 2.24) is 5.32 Å². The summed E-state index contributed by atoms with van der Waals surface area (Å²) in [6.45, 7) is 3.43. The van der Waals surface area contributed by atoms with Gasteiger partial charge in [0.1, 0.15) is 0 Å². The van der Waals surface area contributed by atoms with E-state index in [1.54, 1.807) is 0 Å². The molecule has 0 bridgehead atoms. The topological polar surface area (TPSA) is 55.1 Å². The van der Waals surface area contributed by atoms with Gasteiger partial charge in [-0.2, -0.15) is 0 Å². The second-order valence-electron chi connectivity index (χ2n) is 6.53. The first-order valence-corrected chi connectivity index (χ1v) is 8.16. The molecule has 2 rings (SSSR count). The molecule has 1 aliphatic carbocycles. The Morgan fingerprint density at radius 1 is 1.18 bits per heavy atom. The van der Waals surface area contributed by atoms with Crippen LogP contribution in [0.1, 0.15) is 49.7 Å². The number of nitrogens with one attached hydrogen (secondary N) is 1. The summed E-state index contributed by atoms with van der Waals surface area (Å²) < 4.78 is 0. The van der Waals surface area contributed by atoms with Crippen LogP contribution < -0.4 is 11.1 Å². The smallest absolute Gasteiger partial charge is 0.220 e. The van der Waals surface area contributed by atoms with Crippen molar-refractivity contribution in [3.05, 3.63) is 35.4 Å². The van der Waals surface area contributed by atoms with Crippen LogP contribution in [0.3, 0.4) is 0 Å². The number of hydrogen-bond acceptors (Lipinski definition) is 2. The highest BCUT2D eigenvalue weighted by atomic mass is 35.5. The quantitative estimate of drug-likeness (QED) is 0.843. The minimum atomic E-state index is 0. The molecule has 0 heterocycles. The number of rotatable bonds is 6. The van der Waals surface area contributed by atoms with Crippen molar-refractivity contribution in [2.75, 3.05) is 13.1 Å². The number of amides is 1. The number of carbonyl (C=O) groups is 1. The van der Waals surface area contributed by atoms with Crippen molar-refractivity contribution in [1.29, 1.82) is 0 Å². The minimum Gasteiger partial charge on any atom is -0.356 e. The maximum atomic E-state index is 12.2. The molecule has 0 aliphatic heterocycles. The number of hydrogen-bond donors (Lipinski definition) is 2. The van der Waals surface area contributed by atoms with Crippen LogP contribution in [-0.2, 0) is 11.2 Å². The SMILES string of the molecule is Cc1ccc(CCNC(=O)CC2(CN)CCCCC2)cc1.Cl. The van der Waals surface area contributed by atoms with Crippen LogP contribution in [0, 0.1) is 12.3 Å². The highest BCUT2D eigenvalue weighted by Gasteiger charge is 2.32. The molecular weight excluding hydrogens is 296 g/mol. The summed E-state index contributed by atoms with van der Waals surface area (Å²) in [5.74, 6) is 0.162. The van der Waals surface area contributed by atoms with Crippen LogP contribution in [0.2, 0.25) is 0 Å². The van der Waals surface area contributed by atoms with E-state index in [1.807, 2.05) is 0 Å². The Balaban J connectivity index is 0.00000242. The molecule has 0 spiro atoms. The average Bonchev–Trinajstić information content (AvgIpc) is 2.50. The maximum absolute atomic E-state index is 12.2. The number of carbonyl (C=O) groups excluding carboxylic acids is 1. The van der Waals surface area contributed by atoms with E-state index < -0.39 is 0 Å². The fourth-order valence-electron chi connectivity index (χ4n) is 3.26. The molecule has 4 heteroatoms. The monoisotopic (exact) mass is 324 g/mol. The van der Waals surface area contributed by atoms with Crippen molar-refractivity contribution in [3.63, 3.8) is 0 Å². The molecule has 0 aromatic heterocycles. The molecule has 3 nitrogen and oxygen atoms in total. The molecular formula is C18H29ClN2O. The molecule has 0 saturated heterocycles. The molecule has 1 saturated carbocycles. The molecule has 1 fully saturated rings. The van der Waals surface area contributed by atoms with E-state index in [0.717, 1.165) is 19.3 Å². The van der Waals surface area contributed by atoms with E-state index in [-0.39, 0.29) is 23.7 Å². The van der Waals surface area contributed by atoms with Gasteiger partial charge in [-0.1, -0.05) is 49.1 Å². The largest absolute Gasteiger partial charge is 0.356 e. The molecule has 1 amide bonds. The first-order valence-electron chi connectivity index (χ1n) is 8.16. The van der Waals surface area contributed by atoms with Gasteiger partial charge in [0.15, 0.2) is 0 Å². The van der Waals surface area contributed by atoms with Gasteiger partial charge in [0, 0.05) is 13.0 Å². The first-order chi connectivity index (χ1) is 10.1. The normalized spacial score (nSPS) is 16.6. The van der Waals surface area contributed by atoms with Gasteiger partial charge in [-0.3, -0.25) is 4.79 Å². The molecule has 124 valence electrons. The molecule has 1 aliphatic rings. The highest BCUT2D eigenvalue weighted by molar-refractivity contribution is 5.85. The second-order valence-corrected chi connectivity index (χ2v) is 6.53. The van der Waals surface area contributed by atoms with Gasteiger partial charge in [-0.05, 0) is 43.7 Å². The highest BCUT2D eigenvalue weighted by Crippen LogP contribution is 2.38. The van der Waals surface area contributed by atoms with Gasteiger partial charge in [0.25, 0.3) is 0 Å². The summed E-state index contributed by atoms with van der Waals surface area (Å²) in [4.78, 5) is 12.2. The third-order valence-corrected chi connectivity index (χ3v) is 4.74. The lowest BCUT2D eigenvalue weighted by Crippen LogP contribution is -2.39. The Morgan fingerprint density at radius 3 is 2.41 bits per heavy atom. The molecule has 0 atom stereocenters.